The lowest BCUT2D eigenvalue weighted by molar-refractivity contribution is -0.142. The van der Waals surface area contributed by atoms with E-state index in [1.165, 1.54) is 6.20 Å². The summed E-state index contributed by atoms with van der Waals surface area (Å²) in [5, 5.41) is 20.9. The van der Waals surface area contributed by atoms with Crippen LogP contribution in [-0.2, 0) is 4.79 Å². The Morgan fingerprint density at radius 2 is 1.79 bits per heavy atom. The highest BCUT2D eigenvalue weighted by Crippen LogP contribution is 2.24. The number of carbonyl (C=O) groups excluding carboxylic acids is 1. The molecule has 10 nitrogen and oxygen atoms in total. The maximum atomic E-state index is 13.7. The molecule has 1 amide bonds. The minimum Gasteiger partial charge on any atom is -0.481 e. The van der Waals surface area contributed by atoms with Crippen LogP contribution in [0.15, 0.2) is 34.9 Å². The second-order valence-corrected chi connectivity index (χ2v) is 7.24. The summed E-state index contributed by atoms with van der Waals surface area (Å²) < 4.78 is 45.1. The molecular formula is C20H17F3N6O4. The van der Waals surface area contributed by atoms with Crippen molar-refractivity contribution in [2.24, 2.45) is 5.92 Å². The molecular weight excluding hydrogens is 445 g/mol. The Hall–Kier alpha value is -4.16. The van der Waals surface area contributed by atoms with E-state index in [2.05, 4.69) is 25.8 Å². The zero-order chi connectivity index (χ0) is 23.5. The summed E-state index contributed by atoms with van der Waals surface area (Å²) in [6.45, 7) is 1.12. The van der Waals surface area contributed by atoms with Gasteiger partial charge in [-0.1, -0.05) is 5.10 Å². The summed E-state index contributed by atoms with van der Waals surface area (Å²) in [5.74, 6) is -5.45. The molecule has 4 rings (SSSR count). The lowest BCUT2D eigenvalue weighted by Crippen LogP contribution is -2.36. The molecule has 0 aliphatic carbocycles. The Morgan fingerprint density at radius 3 is 2.45 bits per heavy atom. The standard InChI is InChI=1S/C20H17F3N6O4/c21-12-7-14(23)15(8-13(12)22)26-20-28-27-18(33-20)17(30)25-11-1-2-16(24-9-11)29-5-3-10(4-6-29)19(31)32/h1-2,7-10H,3-6H2,(H,25,30)(H,26,28)(H,31,32). The fourth-order valence-electron chi connectivity index (χ4n) is 3.29. The predicted molar refractivity (Wildman–Crippen MR) is 109 cm³/mol. The van der Waals surface area contributed by atoms with Gasteiger partial charge in [-0.05, 0) is 25.0 Å². The Kier molecular flexibility index (Phi) is 6.11. The summed E-state index contributed by atoms with van der Waals surface area (Å²) in [7, 11) is 0. The van der Waals surface area contributed by atoms with E-state index in [-0.39, 0.29) is 5.92 Å². The van der Waals surface area contributed by atoms with Crippen molar-refractivity contribution < 1.29 is 32.3 Å². The van der Waals surface area contributed by atoms with Gasteiger partial charge in [0, 0.05) is 25.2 Å². The van der Waals surface area contributed by atoms with Gasteiger partial charge in [-0.2, -0.15) is 0 Å². The first-order valence-electron chi connectivity index (χ1n) is 9.80. The van der Waals surface area contributed by atoms with Crippen LogP contribution in [-0.4, -0.2) is 45.3 Å². The molecule has 172 valence electrons. The number of aliphatic carboxylic acids is 1. The Morgan fingerprint density at radius 1 is 1.06 bits per heavy atom. The minimum atomic E-state index is -1.35. The number of carbonyl (C=O) groups is 2. The molecule has 0 unspecified atom stereocenters. The van der Waals surface area contributed by atoms with Gasteiger partial charge in [0.05, 0.1) is 23.5 Å². The molecule has 0 atom stereocenters. The topological polar surface area (TPSA) is 133 Å². The molecule has 1 saturated heterocycles. The van der Waals surface area contributed by atoms with Crippen LogP contribution in [0.4, 0.5) is 36.4 Å². The quantitative estimate of drug-likeness (QED) is 0.472. The van der Waals surface area contributed by atoms with Crippen molar-refractivity contribution in [3.63, 3.8) is 0 Å². The van der Waals surface area contributed by atoms with Crippen molar-refractivity contribution in [2.45, 2.75) is 12.8 Å². The number of pyridine rings is 1. The molecule has 1 aliphatic heterocycles. The number of hydrogen-bond acceptors (Lipinski definition) is 8. The van der Waals surface area contributed by atoms with Crippen LogP contribution >= 0.6 is 0 Å². The minimum absolute atomic E-state index is 0.337. The van der Waals surface area contributed by atoms with Gasteiger partial charge in [0.1, 0.15) is 11.6 Å². The average molecular weight is 462 g/mol. The number of carboxylic acid groups (broad SMARTS) is 1. The molecule has 3 heterocycles. The molecule has 0 bridgehead atoms. The molecule has 0 saturated carbocycles. The second kappa shape index (κ2) is 9.14. The van der Waals surface area contributed by atoms with Gasteiger partial charge in [-0.3, -0.25) is 9.59 Å². The predicted octanol–water partition coefficient (Wildman–Crippen LogP) is 3.18. The Balaban J connectivity index is 1.36. The third-order valence-electron chi connectivity index (χ3n) is 5.04. The Bertz CT molecular complexity index is 1180. The summed E-state index contributed by atoms with van der Waals surface area (Å²) in [4.78, 5) is 29.6. The van der Waals surface area contributed by atoms with E-state index in [9.17, 15) is 22.8 Å². The van der Waals surface area contributed by atoms with E-state index in [0.29, 0.717) is 49.6 Å². The van der Waals surface area contributed by atoms with Crippen LogP contribution < -0.4 is 15.5 Å². The molecule has 13 heteroatoms. The van der Waals surface area contributed by atoms with E-state index < -0.39 is 46.9 Å². The number of amides is 1. The number of rotatable bonds is 6. The van der Waals surface area contributed by atoms with Crippen molar-refractivity contribution in [1.29, 1.82) is 0 Å². The van der Waals surface area contributed by atoms with Gasteiger partial charge in [0.2, 0.25) is 0 Å². The van der Waals surface area contributed by atoms with E-state index >= 15 is 0 Å². The largest absolute Gasteiger partial charge is 0.481 e. The monoisotopic (exact) mass is 462 g/mol. The van der Waals surface area contributed by atoms with Gasteiger partial charge in [-0.25, -0.2) is 18.2 Å². The van der Waals surface area contributed by atoms with Crippen LogP contribution in [0.1, 0.15) is 23.5 Å². The summed E-state index contributed by atoms with van der Waals surface area (Å²) in [5.41, 5.74) is -0.111. The highest BCUT2D eigenvalue weighted by Gasteiger charge is 2.25. The molecule has 33 heavy (non-hydrogen) atoms. The number of nitrogens with zero attached hydrogens (tertiary/aromatic N) is 4. The number of aromatic nitrogens is 3. The van der Waals surface area contributed by atoms with Gasteiger partial charge < -0.3 is 25.1 Å². The van der Waals surface area contributed by atoms with Crippen LogP contribution in [0.25, 0.3) is 0 Å². The van der Waals surface area contributed by atoms with Crippen molar-refractivity contribution in [2.75, 3.05) is 28.6 Å². The van der Waals surface area contributed by atoms with Gasteiger partial charge in [-0.15, -0.1) is 5.10 Å². The highest BCUT2D eigenvalue weighted by atomic mass is 19.2. The Labute approximate surface area is 184 Å². The van der Waals surface area contributed by atoms with E-state index in [1.54, 1.807) is 12.1 Å². The molecule has 1 aromatic carbocycles. The first-order valence-corrected chi connectivity index (χ1v) is 9.80. The van der Waals surface area contributed by atoms with Crippen molar-refractivity contribution in [1.82, 2.24) is 15.2 Å². The van der Waals surface area contributed by atoms with E-state index in [1.807, 2.05) is 4.90 Å². The summed E-state index contributed by atoms with van der Waals surface area (Å²) in [6, 6.07) is 3.82. The van der Waals surface area contributed by atoms with E-state index in [4.69, 9.17) is 9.52 Å². The zero-order valence-electron chi connectivity index (χ0n) is 16.9. The summed E-state index contributed by atoms with van der Waals surface area (Å²) in [6.07, 6.45) is 2.47. The maximum absolute atomic E-state index is 13.7. The first-order chi connectivity index (χ1) is 15.8. The number of carboxylic acids is 1. The van der Waals surface area contributed by atoms with E-state index in [0.717, 1.165) is 0 Å². The highest BCUT2D eigenvalue weighted by molar-refractivity contribution is 6.00. The third kappa shape index (κ3) is 5.02. The SMILES string of the molecule is O=C(Nc1ccc(N2CCC(C(=O)O)CC2)nc1)c1nnc(Nc2cc(F)c(F)cc2F)o1. The van der Waals surface area contributed by atoms with Crippen LogP contribution in [0.3, 0.4) is 0 Å². The smallest absolute Gasteiger partial charge is 0.320 e. The molecule has 0 radical (unpaired) electrons. The molecule has 2 aromatic heterocycles. The number of hydrogen-bond donors (Lipinski definition) is 3. The maximum Gasteiger partial charge on any atom is 0.320 e. The zero-order valence-corrected chi connectivity index (χ0v) is 16.9. The number of piperidine rings is 1. The van der Waals surface area contributed by atoms with Crippen LogP contribution in [0.5, 0.6) is 0 Å². The number of halogens is 3. The summed E-state index contributed by atoms with van der Waals surface area (Å²) >= 11 is 0. The third-order valence-corrected chi connectivity index (χ3v) is 5.04. The molecule has 1 aliphatic rings. The van der Waals surface area contributed by atoms with Crippen molar-refractivity contribution in [3.8, 4) is 0 Å². The molecule has 0 spiro atoms. The van der Waals surface area contributed by atoms with Gasteiger partial charge >= 0.3 is 23.8 Å². The van der Waals surface area contributed by atoms with Crippen LogP contribution in [0, 0.1) is 23.4 Å². The molecule has 3 aromatic rings. The molecule has 1 fully saturated rings. The lowest BCUT2D eigenvalue weighted by Gasteiger charge is -2.31. The second-order valence-electron chi connectivity index (χ2n) is 7.24. The van der Waals surface area contributed by atoms with Gasteiger partial charge in [0.25, 0.3) is 0 Å². The fourth-order valence-corrected chi connectivity index (χ4v) is 3.29. The number of benzene rings is 1. The number of anilines is 4. The lowest BCUT2D eigenvalue weighted by atomic mass is 9.97. The fraction of sp³-hybridized carbons (Fsp3) is 0.250. The van der Waals surface area contributed by atoms with Crippen molar-refractivity contribution >= 4 is 35.1 Å². The first kappa shape index (κ1) is 22.0. The van der Waals surface area contributed by atoms with Crippen molar-refractivity contribution in [3.05, 3.63) is 53.8 Å². The molecule has 3 N–H and O–H groups in total. The number of nitrogens with one attached hydrogen (secondary N) is 2. The van der Waals surface area contributed by atoms with Crippen LogP contribution in [0.2, 0.25) is 0 Å². The van der Waals surface area contributed by atoms with Gasteiger partial charge in [0.15, 0.2) is 11.6 Å². The normalized spacial score (nSPS) is 14.2. The average Bonchev–Trinajstić information content (AvgIpc) is 3.27.